The fourth-order valence-electron chi connectivity index (χ4n) is 2.17. The number of hydrogen-bond donors (Lipinski definition) is 2. The van der Waals surface area contributed by atoms with Crippen LogP contribution in [0.15, 0.2) is 24.3 Å². The van der Waals surface area contributed by atoms with Crippen molar-refractivity contribution in [3.63, 3.8) is 0 Å². The van der Waals surface area contributed by atoms with Crippen molar-refractivity contribution in [1.82, 2.24) is 10.2 Å². The zero-order chi connectivity index (χ0) is 13.7. The Morgan fingerprint density at radius 1 is 1.47 bits per heavy atom. The molecule has 1 aromatic rings. The maximum atomic E-state index is 12.0. The Bertz CT molecular complexity index is 430. The van der Waals surface area contributed by atoms with Gasteiger partial charge in [0.2, 0.25) is 0 Å². The first kappa shape index (κ1) is 13.8. The van der Waals surface area contributed by atoms with Crippen LogP contribution in [0.5, 0.6) is 5.75 Å². The fraction of sp³-hybridized carbons (Fsp3) is 0.500. The number of carbonyl (C=O) groups excluding carboxylic acids is 1. The standard InChI is InChI=1S/C14H20N2O3/c1-11(10-16-5-7-19-8-6-16)15-14(18)12-3-2-4-13(17)9-12/h2-4,9,11,17H,5-8,10H2,1H3,(H,15,18). The Balaban J connectivity index is 1.84. The van der Waals surface area contributed by atoms with Gasteiger partial charge in [0.05, 0.1) is 13.2 Å². The number of rotatable bonds is 4. The van der Waals surface area contributed by atoms with Crippen molar-refractivity contribution in [2.75, 3.05) is 32.8 Å². The summed E-state index contributed by atoms with van der Waals surface area (Å²) in [5, 5.41) is 12.3. The van der Waals surface area contributed by atoms with E-state index >= 15 is 0 Å². The molecule has 2 N–H and O–H groups in total. The van der Waals surface area contributed by atoms with Crippen LogP contribution in [0.2, 0.25) is 0 Å². The predicted octanol–water partition coefficient (Wildman–Crippen LogP) is 0.843. The first-order valence-corrected chi connectivity index (χ1v) is 6.55. The number of morpholine rings is 1. The minimum Gasteiger partial charge on any atom is -0.508 e. The van der Waals surface area contributed by atoms with Crippen LogP contribution in [-0.4, -0.2) is 54.8 Å². The van der Waals surface area contributed by atoms with Gasteiger partial charge in [-0.1, -0.05) is 6.07 Å². The highest BCUT2D eigenvalue weighted by Crippen LogP contribution is 2.10. The number of nitrogens with one attached hydrogen (secondary N) is 1. The van der Waals surface area contributed by atoms with Gasteiger partial charge >= 0.3 is 0 Å². The maximum Gasteiger partial charge on any atom is 0.251 e. The number of ether oxygens (including phenoxy) is 1. The van der Waals surface area contributed by atoms with Gasteiger partial charge in [0.15, 0.2) is 0 Å². The van der Waals surface area contributed by atoms with E-state index in [1.54, 1.807) is 18.2 Å². The zero-order valence-corrected chi connectivity index (χ0v) is 11.1. The van der Waals surface area contributed by atoms with Crippen LogP contribution in [0.1, 0.15) is 17.3 Å². The van der Waals surface area contributed by atoms with Crippen molar-refractivity contribution < 1.29 is 14.6 Å². The molecule has 1 amide bonds. The number of phenolic OH excluding ortho intramolecular Hbond substituents is 1. The maximum absolute atomic E-state index is 12.0. The van der Waals surface area contributed by atoms with Crippen molar-refractivity contribution >= 4 is 5.91 Å². The summed E-state index contributed by atoms with van der Waals surface area (Å²) in [6.45, 7) is 6.13. The van der Waals surface area contributed by atoms with Gasteiger partial charge < -0.3 is 15.2 Å². The topological polar surface area (TPSA) is 61.8 Å². The van der Waals surface area contributed by atoms with E-state index in [1.165, 1.54) is 6.07 Å². The monoisotopic (exact) mass is 264 g/mol. The number of phenols is 1. The third-order valence-corrected chi connectivity index (χ3v) is 3.12. The van der Waals surface area contributed by atoms with Gasteiger partial charge in [-0.25, -0.2) is 0 Å². The molecule has 19 heavy (non-hydrogen) atoms. The summed E-state index contributed by atoms with van der Waals surface area (Å²) in [6, 6.07) is 6.44. The molecule has 1 saturated heterocycles. The van der Waals surface area contributed by atoms with Gasteiger partial charge in [0, 0.05) is 31.2 Å². The molecule has 0 radical (unpaired) electrons. The summed E-state index contributed by atoms with van der Waals surface area (Å²) in [5.74, 6) is -0.0508. The molecule has 5 nitrogen and oxygen atoms in total. The van der Waals surface area contributed by atoms with E-state index in [-0.39, 0.29) is 17.7 Å². The zero-order valence-electron chi connectivity index (χ0n) is 11.1. The van der Waals surface area contributed by atoms with Crippen molar-refractivity contribution in [2.24, 2.45) is 0 Å². The van der Waals surface area contributed by atoms with E-state index in [0.717, 1.165) is 32.8 Å². The number of hydrogen-bond acceptors (Lipinski definition) is 4. The van der Waals surface area contributed by atoms with Gasteiger partial charge in [-0.15, -0.1) is 0 Å². The Labute approximate surface area is 113 Å². The van der Waals surface area contributed by atoms with E-state index in [2.05, 4.69) is 10.2 Å². The van der Waals surface area contributed by atoms with Crippen molar-refractivity contribution in [1.29, 1.82) is 0 Å². The lowest BCUT2D eigenvalue weighted by Crippen LogP contribution is -2.46. The first-order valence-electron chi connectivity index (χ1n) is 6.55. The van der Waals surface area contributed by atoms with E-state index in [0.29, 0.717) is 5.56 Å². The van der Waals surface area contributed by atoms with Crippen molar-refractivity contribution in [2.45, 2.75) is 13.0 Å². The number of benzene rings is 1. The van der Waals surface area contributed by atoms with Crippen LogP contribution < -0.4 is 5.32 Å². The lowest BCUT2D eigenvalue weighted by Gasteiger charge is -2.29. The first-order chi connectivity index (χ1) is 9.15. The molecule has 1 atom stereocenters. The molecule has 1 unspecified atom stereocenters. The van der Waals surface area contributed by atoms with Gasteiger partial charge in [-0.05, 0) is 25.1 Å². The molecule has 1 aliphatic heterocycles. The molecular formula is C14H20N2O3. The van der Waals surface area contributed by atoms with Crippen molar-refractivity contribution in [3.8, 4) is 5.75 Å². The number of aromatic hydroxyl groups is 1. The van der Waals surface area contributed by atoms with Crippen molar-refractivity contribution in [3.05, 3.63) is 29.8 Å². The molecule has 0 aromatic heterocycles. The molecule has 0 bridgehead atoms. The van der Waals surface area contributed by atoms with Crippen LogP contribution in [0.25, 0.3) is 0 Å². The average Bonchev–Trinajstić information content (AvgIpc) is 2.39. The highest BCUT2D eigenvalue weighted by atomic mass is 16.5. The molecule has 2 rings (SSSR count). The highest BCUT2D eigenvalue weighted by Gasteiger charge is 2.15. The second kappa shape index (κ2) is 6.54. The molecule has 0 saturated carbocycles. The Morgan fingerprint density at radius 2 is 2.21 bits per heavy atom. The SMILES string of the molecule is CC(CN1CCOCC1)NC(=O)c1cccc(O)c1. The van der Waals surface area contributed by atoms with E-state index in [1.807, 2.05) is 6.92 Å². The highest BCUT2D eigenvalue weighted by molar-refractivity contribution is 5.94. The molecule has 1 heterocycles. The molecule has 0 aliphatic carbocycles. The van der Waals surface area contributed by atoms with Crippen LogP contribution in [0.3, 0.4) is 0 Å². The molecule has 1 fully saturated rings. The lowest BCUT2D eigenvalue weighted by molar-refractivity contribution is 0.0342. The third-order valence-electron chi connectivity index (χ3n) is 3.12. The lowest BCUT2D eigenvalue weighted by atomic mass is 10.2. The Morgan fingerprint density at radius 3 is 2.89 bits per heavy atom. The second-order valence-electron chi connectivity index (χ2n) is 4.84. The molecule has 104 valence electrons. The second-order valence-corrected chi connectivity index (χ2v) is 4.84. The van der Waals surface area contributed by atoms with Gasteiger partial charge in [0.1, 0.15) is 5.75 Å². The summed E-state index contributed by atoms with van der Waals surface area (Å²) in [6.07, 6.45) is 0. The minimum atomic E-state index is -0.156. The predicted molar refractivity (Wildman–Crippen MR) is 72.3 cm³/mol. The minimum absolute atomic E-state index is 0.0629. The fourth-order valence-corrected chi connectivity index (χ4v) is 2.17. The molecule has 1 aromatic carbocycles. The number of nitrogens with zero attached hydrogens (tertiary/aromatic N) is 1. The number of carbonyl (C=O) groups is 1. The Hall–Kier alpha value is -1.59. The third kappa shape index (κ3) is 4.22. The molecule has 0 spiro atoms. The smallest absolute Gasteiger partial charge is 0.251 e. The summed E-state index contributed by atoms with van der Waals surface area (Å²) in [5.41, 5.74) is 0.480. The summed E-state index contributed by atoms with van der Waals surface area (Å²) >= 11 is 0. The summed E-state index contributed by atoms with van der Waals surface area (Å²) < 4.78 is 5.29. The van der Waals surface area contributed by atoms with Gasteiger partial charge in [-0.2, -0.15) is 0 Å². The largest absolute Gasteiger partial charge is 0.508 e. The quantitative estimate of drug-likeness (QED) is 0.846. The van der Waals surface area contributed by atoms with E-state index in [9.17, 15) is 9.90 Å². The Kier molecular flexibility index (Phi) is 4.76. The van der Waals surface area contributed by atoms with E-state index in [4.69, 9.17) is 4.74 Å². The van der Waals surface area contributed by atoms with Crippen LogP contribution >= 0.6 is 0 Å². The summed E-state index contributed by atoms with van der Waals surface area (Å²) in [7, 11) is 0. The number of amides is 1. The normalized spacial score (nSPS) is 17.9. The molecule has 1 aliphatic rings. The average molecular weight is 264 g/mol. The van der Waals surface area contributed by atoms with Crippen LogP contribution in [0, 0.1) is 0 Å². The van der Waals surface area contributed by atoms with Gasteiger partial charge in [-0.3, -0.25) is 9.69 Å². The molecular weight excluding hydrogens is 244 g/mol. The van der Waals surface area contributed by atoms with E-state index < -0.39 is 0 Å². The van der Waals surface area contributed by atoms with Crippen LogP contribution in [0.4, 0.5) is 0 Å². The molecule has 5 heteroatoms. The van der Waals surface area contributed by atoms with Crippen LogP contribution in [-0.2, 0) is 4.74 Å². The van der Waals surface area contributed by atoms with Gasteiger partial charge in [0.25, 0.3) is 5.91 Å². The summed E-state index contributed by atoms with van der Waals surface area (Å²) in [4.78, 5) is 14.3.